The van der Waals surface area contributed by atoms with Crippen LogP contribution < -0.4 is 10.6 Å². The van der Waals surface area contributed by atoms with E-state index in [9.17, 15) is 14.7 Å². The molecule has 0 heterocycles. The zero-order valence-corrected chi connectivity index (χ0v) is 11.1. The highest BCUT2D eigenvalue weighted by Gasteiger charge is 2.13. The first kappa shape index (κ1) is 14.8. The van der Waals surface area contributed by atoms with Crippen LogP contribution in [0, 0.1) is 5.92 Å². The molecule has 0 saturated heterocycles. The van der Waals surface area contributed by atoms with Gasteiger partial charge in [0.1, 0.15) is 11.3 Å². The number of anilines is 1. The average Bonchev–Trinajstić information content (AvgIpc) is 2.30. The number of benzene rings is 1. The van der Waals surface area contributed by atoms with Gasteiger partial charge in [-0.3, -0.25) is 0 Å². The third-order valence-corrected chi connectivity index (χ3v) is 2.84. The van der Waals surface area contributed by atoms with Gasteiger partial charge in [0.2, 0.25) is 0 Å². The lowest BCUT2D eigenvalue weighted by Gasteiger charge is -2.18. The first-order valence-corrected chi connectivity index (χ1v) is 5.95. The average molecular weight is 266 g/mol. The Hall–Kier alpha value is -2.24. The molecule has 1 aromatic carbocycles. The number of amides is 2. The molecule has 0 aliphatic carbocycles. The lowest BCUT2D eigenvalue weighted by atomic mass is 10.1. The summed E-state index contributed by atoms with van der Waals surface area (Å²) in [7, 11) is 0. The Labute approximate surface area is 111 Å². The van der Waals surface area contributed by atoms with Crippen molar-refractivity contribution in [2.24, 2.45) is 5.92 Å². The highest BCUT2D eigenvalue weighted by molar-refractivity contribution is 5.95. The van der Waals surface area contributed by atoms with Crippen LogP contribution in [-0.2, 0) is 0 Å². The maximum atomic E-state index is 11.7. The van der Waals surface area contributed by atoms with E-state index < -0.39 is 12.0 Å². The summed E-state index contributed by atoms with van der Waals surface area (Å²) in [5.41, 5.74) is 0.0540. The van der Waals surface area contributed by atoms with Crippen molar-refractivity contribution in [1.82, 2.24) is 5.32 Å². The number of carboxylic acids is 1. The Bertz CT molecular complexity index is 486. The second-order valence-electron chi connectivity index (χ2n) is 4.67. The number of aromatic hydroxyl groups is 1. The third kappa shape index (κ3) is 4.17. The van der Waals surface area contributed by atoms with E-state index in [-0.39, 0.29) is 17.4 Å². The number of carbonyl (C=O) groups excluding carboxylic acids is 1. The van der Waals surface area contributed by atoms with E-state index in [0.29, 0.717) is 11.6 Å². The molecule has 0 aliphatic heterocycles. The molecule has 0 fully saturated rings. The number of phenols is 1. The molecule has 104 valence electrons. The van der Waals surface area contributed by atoms with Crippen LogP contribution in [0.4, 0.5) is 10.5 Å². The van der Waals surface area contributed by atoms with Gasteiger partial charge in [0.05, 0.1) is 0 Å². The van der Waals surface area contributed by atoms with Gasteiger partial charge in [-0.1, -0.05) is 13.8 Å². The summed E-state index contributed by atoms with van der Waals surface area (Å²) < 4.78 is 0. The molecule has 0 saturated carbocycles. The number of carbonyl (C=O) groups is 2. The molecule has 2 amide bonds. The second-order valence-corrected chi connectivity index (χ2v) is 4.67. The minimum atomic E-state index is -1.25. The van der Waals surface area contributed by atoms with Crippen LogP contribution in [0.3, 0.4) is 0 Å². The Kier molecular flexibility index (Phi) is 4.74. The normalized spacial score (nSPS) is 12.0. The van der Waals surface area contributed by atoms with Crippen molar-refractivity contribution in [2.45, 2.75) is 26.8 Å². The molecule has 1 rings (SSSR count). The van der Waals surface area contributed by atoms with Crippen molar-refractivity contribution >= 4 is 17.7 Å². The van der Waals surface area contributed by atoms with Gasteiger partial charge < -0.3 is 20.8 Å². The summed E-state index contributed by atoms with van der Waals surface area (Å²) in [5, 5.41) is 23.5. The maximum absolute atomic E-state index is 11.7. The molecule has 19 heavy (non-hydrogen) atoms. The fourth-order valence-electron chi connectivity index (χ4n) is 1.33. The zero-order chi connectivity index (χ0) is 14.6. The monoisotopic (exact) mass is 266 g/mol. The third-order valence-electron chi connectivity index (χ3n) is 2.84. The minimum Gasteiger partial charge on any atom is -0.507 e. The van der Waals surface area contributed by atoms with E-state index >= 15 is 0 Å². The number of hydrogen-bond donors (Lipinski definition) is 4. The van der Waals surface area contributed by atoms with E-state index in [1.165, 1.54) is 18.2 Å². The molecule has 4 N–H and O–H groups in total. The van der Waals surface area contributed by atoms with Gasteiger partial charge in [-0.15, -0.1) is 0 Å². The molecule has 0 aliphatic rings. The van der Waals surface area contributed by atoms with Gasteiger partial charge in [0.15, 0.2) is 0 Å². The molecule has 1 aromatic rings. The van der Waals surface area contributed by atoms with Crippen LogP contribution >= 0.6 is 0 Å². The Morgan fingerprint density at radius 1 is 1.21 bits per heavy atom. The first-order valence-electron chi connectivity index (χ1n) is 5.95. The number of nitrogens with one attached hydrogen (secondary N) is 2. The van der Waals surface area contributed by atoms with Crippen molar-refractivity contribution in [1.29, 1.82) is 0 Å². The van der Waals surface area contributed by atoms with Crippen LogP contribution in [-0.4, -0.2) is 28.3 Å². The van der Waals surface area contributed by atoms with Gasteiger partial charge in [-0.25, -0.2) is 9.59 Å². The molecule has 0 aromatic heterocycles. The number of hydrogen-bond acceptors (Lipinski definition) is 3. The summed E-state index contributed by atoms with van der Waals surface area (Å²) in [4.78, 5) is 22.5. The van der Waals surface area contributed by atoms with Crippen LogP contribution in [0.15, 0.2) is 18.2 Å². The van der Waals surface area contributed by atoms with Crippen molar-refractivity contribution in [3.63, 3.8) is 0 Å². The second kappa shape index (κ2) is 6.08. The van der Waals surface area contributed by atoms with Gasteiger partial charge in [-0.2, -0.15) is 0 Å². The molecule has 6 heteroatoms. The Balaban J connectivity index is 2.75. The molecule has 1 atom stereocenters. The van der Waals surface area contributed by atoms with E-state index in [4.69, 9.17) is 5.11 Å². The summed E-state index contributed by atoms with van der Waals surface area (Å²) in [6.07, 6.45) is 0. The minimum absolute atomic E-state index is 0.00365. The Morgan fingerprint density at radius 2 is 1.84 bits per heavy atom. The highest BCUT2D eigenvalue weighted by Crippen LogP contribution is 2.21. The first-order chi connectivity index (χ1) is 8.81. The SMILES string of the molecule is CC(C)C(C)NC(=O)Nc1ccc(O)c(C(=O)O)c1. The predicted octanol–water partition coefficient (Wildman–Crippen LogP) is 2.26. The lowest BCUT2D eigenvalue weighted by Crippen LogP contribution is -2.39. The van der Waals surface area contributed by atoms with E-state index in [2.05, 4.69) is 10.6 Å². The molecular weight excluding hydrogens is 248 g/mol. The highest BCUT2D eigenvalue weighted by atomic mass is 16.4. The van der Waals surface area contributed by atoms with Gasteiger partial charge in [0, 0.05) is 11.7 Å². The standard InChI is InChI=1S/C13H18N2O4/c1-7(2)8(3)14-13(19)15-9-4-5-11(16)10(6-9)12(17)18/h4-8,16H,1-3H3,(H,17,18)(H2,14,15,19). The Morgan fingerprint density at radius 3 is 2.37 bits per heavy atom. The molecular formula is C13H18N2O4. The molecule has 1 unspecified atom stereocenters. The van der Waals surface area contributed by atoms with Crippen molar-refractivity contribution in [3.8, 4) is 5.75 Å². The summed E-state index contributed by atoms with van der Waals surface area (Å²) in [5.74, 6) is -1.30. The number of carboxylic acid groups (broad SMARTS) is 1. The zero-order valence-electron chi connectivity index (χ0n) is 11.1. The number of aromatic carboxylic acids is 1. The smallest absolute Gasteiger partial charge is 0.339 e. The van der Waals surface area contributed by atoms with E-state index in [1.807, 2.05) is 20.8 Å². The number of rotatable bonds is 4. The largest absolute Gasteiger partial charge is 0.507 e. The van der Waals surface area contributed by atoms with Crippen LogP contribution in [0.1, 0.15) is 31.1 Å². The van der Waals surface area contributed by atoms with Crippen molar-refractivity contribution in [3.05, 3.63) is 23.8 Å². The molecule has 6 nitrogen and oxygen atoms in total. The van der Waals surface area contributed by atoms with Crippen LogP contribution in [0.2, 0.25) is 0 Å². The van der Waals surface area contributed by atoms with Crippen LogP contribution in [0.5, 0.6) is 5.75 Å². The van der Waals surface area contributed by atoms with Gasteiger partial charge in [-0.05, 0) is 31.0 Å². The summed E-state index contributed by atoms with van der Waals surface area (Å²) in [6, 6.07) is 3.45. The fourth-order valence-corrected chi connectivity index (χ4v) is 1.33. The molecule has 0 radical (unpaired) electrons. The van der Waals surface area contributed by atoms with E-state index in [1.54, 1.807) is 0 Å². The summed E-state index contributed by atoms with van der Waals surface area (Å²) >= 11 is 0. The van der Waals surface area contributed by atoms with Gasteiger partial charge in [0.25, 0.3) is 0 Å². The van der Waals surface area contributed by atoms with Gasteiger partial charge >= 0.3 is 12.0 Å². The fraction of sp³-hybridized carbons (Fsp3) is 0.385. The predicted molar refractivity (Wildman–Crippen MR) is 71.5 cm³/mol. The van der Waals surface area contributed by atoms with E-state index in [0.717, 1.165) is 0 Å². The number of urea groups is 1. The topological polar surface area (TPSA) is 98.7 Å². The quantitative estimate of drug-likeness (QED) is 0.628. The molecule has 0 spiro atoms. The van der Waals surface area contributed by atoms with Crippen molar-refractivity contribution in [2.75, 3.05) is 5.32 Å². The van der Waals surface area contributed by atoms with Crippen molar-refractivity contribution < 1.29 is 19.8 Å². The maximum Gasteiger partial charge on any atom is 0.339 e. The molecule has 0 bridgehead atoms. The lowest BCUT2D eigenvalue weighted by molar-refractivity contribution is 0.0693. The van der Waals surface area contributed by atoms with Crippen LogP contribution in [0.25, 0.3) is 0 Å². The summed E-state index contributed by atoms with van der Waals surface area (Å²) in [6.45, 7) is 5.84.